The van der Waals surface area contributed by atoms with Crippen molar-refractivity contribution < 1.29 is 31.2 Å². The zero-order chi connectivity index (χ0) is 20.3. The second kappa shape index (κ2) is 8.22. The van der Waals surface area contributed by atoms with Crippen molar-refractivity contribution in [2.24, 2.45) is 0 Å². The average molecular weight is 396 g/mol. The van der Waals surface area contributed by atoms with Crippen molar-refractivity contribution in [1.82, 2.24) is 5.32 Å². The highest BCUT2D eigenvalue weighted by atomic mass is 19.2. The summed E-state index contributed by atoms with van der Waals surface area (Å²) in [4.78, 5) is 12.1. The molecule has 4 nitrogen and oxygen atoms in total. The Hall–Kier alpha value is -3.20. The number of rotatable bonds is 6. The standard InChI is InChI=1S/C19H13F5N2O2/c20-13-14(21)16(23)19(17(24)15(13)22)26-12(27)9-25-18(11-7-4-8-28-11)10-5-2-1-3-6-10/h1-8,18,25H,9H2,(H,26,27)/t18-/m0/s1. The number of benzene rings is 2. The van der Waals surface area contributed by atoms with E-state index < -0.39 is 53.3 Å². The number of carbonyl (C=O) groups is 1. The monoisotopic (exact) mass is 396 g/mol. The van der Waals surface area contributed by atoms with Gasteiger partial charge < -0.3 is 9.73 Å². The molecule has 0 fully saturated rings. The Kier molecular flexibility index (Phi) is 5.74. The van der Waals surface area contributed by atoms with Crippen molar-refractivity contribution in [1.29, 1.82) is 0 Å². The summed E-state index contributed by atoms with van der Waals surface area (Å²) in [5.74, 6) is -11.3. The van der Waals surface area contributed by atoms with Crippen LogP contribution in [0.15, 0.2) is 53.1 Å². The maximum atomic E-state index is 13.7. The van der Waals surface area contributed by atoms with Gasteiger partial charge in [-0.25, -0.2) is 22.0 Å². The highest BCUT2D eigenvalue weighted by Gasteiger charge is 2.27. The average Bonchev–Trinajstić information content (AvgIpc) is 3.24. The van der Waals surface area contributed by atoms with Crippen LogP contribution in [0, 0.1) is 29.1 Å². The fourth-order valence-corrected chi connectivity index (χ4v) is 2.58. The van der Waals surface area contributed by atoms with Crippen molar-refractivity contribution in [2.45, 2.75) is 6.04 Å². The molecule has 9 heteroatoms. The Morgan fingerprint density at radius 2 is 1.46 bits per heavy atom. The van der Waals surface area contributed by atoms with Gasteiger partial charge in [0.25, 0.3) is 0 Å². The Labute approximate surface area is 156 Å². The second-order valence-electron chi connectivity index (χ2n) is 5.73. The van der Waals surface area contributed by atoms with Gasteiger partial charge in [0.15, 0.2) is 23.3 Å². The molecule has 2 aromatic carbocycles. The molecule has 0 aliphatic carbocycles. The minimum Gasteiger partial charge on any atom is -0.467 e. The third-order valence-corrected chi connectivity index (χ3v) is 3.90. The van der Waals surface area contributed by atoms with Gasteiger partial charge in [0.1, 0.15) is 11.4 Å². The maximum Gasteiger partial charge on any atom is 0.238 e. The van der Waals surface area contributed by atoms with Gasteiger partial charge in [0.2, 0.25) is 11.7 Å². The van der Waals surface area contributed by atoms with Gasteiger partial charge in [0.05, 0.1) is 18.8 Å². The Morgan fingerprint density at radius 1 is 0.857 bits per heavy atom. The van der Waals surface area contributed by atoms with Gasteiger partial charge in [-0.1, -0.05) is 30.3 Å². The largest absolute Gasteiger partial charge is 0.467 e. The Bertz CT molecular complexity index is 949. The lowest BCUT2D eigenvalue weighted by atomic mass is 10.0. The van der Waals surface area contributed by atoms with Crippen LogP contribution in [-0.4, -0.2) is 12.5 Å². The molecular weight excluding hydrogens is 383 g/mol. The van der Waals surface area contributed by atoms with Crippen LogP contribution in [0.2, 0.25) is 0 Å². The molecule has 3 rings (SSSR count). The second-order valence-corrected chi connectivity index (χ2v) is 5.73. The quantitative estimate of drug-likeness (QED) is 0.371. The molecule has 1 aromatic heterocycles. The molecule has 1 amide bonds. The summed E-state index contributed by atoms with van der Waals surface area (Å²) in [7, 11) is 0. The van der Waals surface area contributed by atoms with Crippen LogP contribution in [0.5, 0.6) is 0 Å². The normalized spacial score (nSPS) is 12.0. The van der Waals surface area contributed by atoms with E-state index in [0.29, 0.717) is 5.76 Å². The number of halogens is 5. The molecule has 0 saturated heterocycles. The number of furan rings is 1. The lowest BCUT2D eigenvalue weighted by Gasteiger charge is -2.17. The van der Waals surface area contributed by atoms with Crippen LogP contribution < -0.4 is 10.6 Å². The molecule has 0 radical (unpaired) electrons. The summed E-state index contributed by atoms with van der Waals surface area (Å²) < 4.78 is 72.2. The van der Waals surface area contributed by atoms with E-state index in [1.54, 1.807) is 47.8 Å². The van der Waals surface area contributed by atoms with Crippen molar-refractivity contribution in [3.63, 3.8) is 0 Å². The van der Waals surface area contributed by atoms with Gasteiger partial charge in [-0.15, -0.1) is 0 Å². The molecule has 0 spiro atoms. The Morgan fingerprint density at radius 3 is 2.04 bits per heavy atom. The highest BCUT2D eigenvalue weighted by Crippen LogP contribution is 2.27. The minimum atomic E-state index is -2.30. The fourth-order valence-electron chi connectivity index (χ4n) is 2.58. The van der Waals surface area contributed by atoms with Crippen molar-refractivity contribution in [3.8, 4) is 0 Å². The minimum absolute atomic E-state index is 0.468. The van der Waals surface area contributed by atoms with Crippen molar-refractivity contribution in [3.05, 3.63) is 89.1 Å². The van der Waals surface area contributed by atoms with Crippen molar-refractivity contribution >= 4 is 11.6 Å². The van der Waals surface area contributed by atoms with Gasteiger partial charge in [-0.2, -0.15) is 0 Å². The Balaban J connectivity index is 1.76. The molecule has 146 valence electrons. The number of carbonyl (C=O) groups excluding carboxylic acids is 1. The summed E-state index contributed by atoms with van der Waals surface area (Å²) in [6.07, 6.45) is 1.43. The molecule has 0 bridgehead atoms. The molecule has 0 saturated carbocycles. The lowest BCUT2D eigenvalue weighted by molar-refractivity contribution is -0.115. The molecule has 1 atom stereocenters. The molecule has 28 heavy (non-hydrogen) atoms. The maximum absolute atomic E-state index is 13.7. The number of hydrogen-bond donors (Lipinski definition) is 2. The SMILES string of the molecule is O=C(CN[C@@H](c1ccccc1)c1ccco1)Nc1c(F)c(F)c(F)c(F)c1F. The molecular formula is C19H13F5N2O2. The number of anilines is 1. The molecule has 2 N–H and O–H groups in total. The van der Waals surface area contributed by atoms with Gasteiger partial charge in [-0.05, 0) is 17.7 Å². The topological polar surface area (TPSA) is 54.3 Å². The van der Waals surface area contributed by atoms with Crippen LogP contribution >= 0.6 is 0 Å². The summed E-state index contributed by atoms with van der Waals surface area (Å²) in [6.45, 7) is -0.486. The molecule has 1 heterocycles. The van der Waals surface area contributed by atoms with E-state index in [2.05, 4.69) is 5.32 Å². The van der Waals surface area contributed by atoms with Crippen LogP contribution in [0.1, 0.15) is 17.4 Å². The third kappa shape index (κ3) is 3.89. The zero-order valence-corrected chi connectivity index (χ0v) is 14.1. The fraction of sp³-hybridized carbons (Fsp3) is 0.105. The molecule has 0 aliphatic heterocycles. The molecule has 0 aliphatic rings. The first-order valence-corrected chi connectivity index (χ1v) is 8.03. The first-order chi connectivity index (χ1) is 13.4. The third-order valence-electron chi connectivity index (χ3n) is 3.90. The summed E-state index contributed by atoms with van der Waals surface area (Å²) in [5, 5.41) is 4.54. The number of nitrogens with one attached hydrogen (secondary N) is 2. The van der Waals surface area contributed by atoms with Crippen LogP contribution in [0.25, 0.3) is 0 Å². The number of hydrogen-bond acceptors (Lipinski definition) is 3. The van der Waals surface area contributed by atoms with Gasteiger partial charge in [0, 0.05) is 0 Å². The predicted octanol–water partition coefficient (Wildman–Crippen LogP) is 4.29. The molecule has 3 aromatic rings. The lowest BCUT2D eigenvalue weighted by Crippen LogP contribution is -2.32. The van der Waals surface area contributed by atoms with Crippen LogP contribution in [0.4, 0.5) is 27.6 Å². The van der Waals surface area contributed by atoms with E-state index in [4.69, 9.17) is 4.42 Å². The van der Waals surface area contributed by atoms with Gasteiger partial charge >= 0.3 is 0 Å². The van der Waals surface area contributed by atoms with E-state index in [9.17, 15) is 26.7 Å². The van der Waals surface area contributed by atoms with Gasteiger partial charge in [-0.3, -0.25) is 10.1 Å². The van der Waals surface area contributed by atoms with E-state index in [1.165, 1.54) is 6.26 Å². The summed E-state index contributed by atoms with van der Waals surface area (Å²) >= 11 is 0. The van der Waals surface area contributed by atoms with Crippen LogP contribution in [0.3, 0.4) is 0 Å². The van der Waals surface area contributed by atoms with E-state index in [0.717, 1.165) is 5.56 Å². The first-order valence-electron chi connectivity index (χ1n) is 8.03. The zero-order valence-electron chi connectivity index (χ0n) is 14.1. The predicted molar refractivity (Wildman–Crippen MR) is 89.9 cm³/mol. The highest BCUT2D eigenvalue weighted by molar-refractivity contribution is 5.92. The molecule has 0 unspecified atom stereocenters. The summed E-state index contributed by atoms with van der Waals surface area (Å²) in [6, 6.07) is 11.6. The first kappa shape index (κ1) is 19.6. The van der Waals surface area contributed by atoms with E-state index in [-0.39, 0.29) is 0 Å². The number of amides is 1. The van der Waals surface area contributed by atoms with E-state index >= 15 is 0 Å². The summed E-state index contributed by atoms with van der Waals surface area (Å²) in [5.41, 5.74) is -0.668. The van der Waals surface area contributed by atoms with Crippen molar-refractivity contribution in [2.75, 3.05) is 11.9 Å². The smallest absolute Gasteiger partial charge is 0.238 e. The van der Waals surface area contributed by atoms with Crippen LogP contribution in [-0.2, 0) is 4.79 Å². The van der Waals surface area contributed by atoms with E-state index in [1.807, 2.05) is 0 Å².